The summed E-state index contributed by atoms with van der Waals surface area (Å²) in [6, 6.07) is 5.37. The molecule has 2 amide bonds. The van der Waals surface area contributed by atoms with Crippen molar-refractivity contribution < 1.29 is 9.72 Å². The Morgan fingerprint density at radius 3 is 2.67 bits per heavy atom. The first kappa shape index (κ1) is 12.4. The Morgan fingerprint density at radius 1 is 1.39 bits per heavy atom. The summed E-state index contributed by atoms with van der Waals surface area (Å²) >= 11 is 6.01. The Bertz CT molecular complexity index is 556. The smallest absolute Gasteiger partial charge is 0.320 e. The van der Waals surface area contributed by atoms with E-state index in [1.165, 1.54) is 6.92 Å². The fourth-order valence-electron chi connectivity index (χ4n) is 1.86. The maximum atomic E-state index is 11.4. The van der Waals surface area contributed by atoms with Gasteiger partial charge in [0.1, 0.15) is 0 Å². The van der Waals surface area contributed by atoms with Crippen LogP contribution in [0.2, 0.25) is 5.02 Å². The van der Waals surface area contributed by atoms with E-state index in [0.717, 1.165) is 0 Å². The Hall–Kier alpha value is -2.08. The summed E-state index contributed by atoms with van der Waals surface area (Å²) in [7, 11) is 0. The quantitative estimate of drug-likeness (QED) is 0.636. The minimum absolute atomic E-state index is 0.109. The van der Waals surface area contributed by atoms with E-state index in [9.17, 15) is 14.9 Å². The molecule has 0 aliphatic carbocycles. The van der Waals surface area contributed by atoms with E-state index in [0.29, 0.717) is 10.6 Å². The first-order valence-electron chi connectivity index (χ1n) is 5.18. The number of nitrogens with zero attached hydrogens (tertiary/aromatic N) is 1. The third-order valence-electron chi connectivity index (χ3n) is 2.65. The van der Waals surface area contributed by atoms with E-state index < -0.39 is 17.0 Å². The lowest BCUT2D eigenvalue weighted by Crippen LogP contribution is -2.45. The van der Waals surface area contributed by atoms with Crippen molar-refractivity contribution >= 4 is 17.6 Å². The van der Waals surface area contributed by atoms with Crippen LogP contribution in [0.25, 0.3) is 0 Å². The summed E-state index contributed by atoms with van der Waals surface area (Å²) in [5.41, 5.74) is 0.608. The molecule has 1 aromatic rings. The Balaban J connectivity index is 2.54. The average molecular weight is 268 g/mol. The zero-order valence-corrected chi connectivity index (χ0v) is 10.2. The molecule has 1 atom stereocenters. The summed E-state index contributed by atoms with van der Waals surface area (Å²) in [5, 5.41) is 16.3. The number of nitro groups is 1. The maximum Gasteiger partial charge on any atom is 0.320 e. The van der Waals surface area contributed by atoms with Gasteiger partial charge in [-0.25, -0.2) is 4.79 Å². The highest BCUT2D eigenvalue weighted by Gasteiger charge is 2.36. The number of carbonyl (C=O) groups is 1. The van der Waals surface area contributed by atoms with Crippen LogP contribution < -0.4 is 10.6 Å². The van der Waals surface area contributed by atoms with Gasteiger partial charge in [-0.3, -0.25) is 10.1 Å². The van der Waals surface area contributed by atoms with Gasteiger partial charge in [0.25, 0.3) is 5.70 Å². The van der Waals surface area contributed by atoms with Gasteiger partial charge in [0.15, 0.2) is 6.04 Å². The Labute approximate surface area is 108 Å². The molecule has 0 bridgehead atoms. The topological polar surface area (TPSA) is 84.3 Å². The van der Waals surface area contributed by atoms with Crippen LogP contribution in [0, 0.1) is 10.1 Å². The van der Waals surface area contributed by atoms with Crippen LogP contribution in [0.3, 0.4) is 0 Å². The standard InChI is InChI=1S/C11H10ClN3O3/c1-6-10(15(17)18)9(14-11(16)13-6)7-4-2-3-5-8(7)12/h2-5,9H,1H3,(H2,13,14,16)/t9-/m1/s1. The molecule has 1 heterocycles. The Kier molecular flexibility index (Phi) is 3.20. The van der Waals surface area contributed by atoms with Crippen molar-refractivity contribution in [1.82, 2.24) is 10.6 Å². The highest BCUT2D eigenvalue weighted by atomic mass is 35.5. The zero-order valence-electron chi connectivity index (χ0n) is 9.44. The molecule has 0 aromatic heterocycles. The lowest BCUT2D eigenvalue weighted by molar-refractivity contribution is -0.432. The van der Waals surface area contributed by atoms with Crippen molar-refractivity contribution in [1.29, 1.82) is 0 Å². The van der Waals surface area contributed by atoms with Crippen molar-refractivity contribution in [3.05, 3.63) is 56.4 Å². The van der Waals surface area contributed by atoms with Crippen molar-refractivity contribution in [2.24, 2.45) is 0 Å². The molecule has 0 unspecified atom stereocenters. The number of hydrogen-bond acceptors (Lipinski definition) is 3. The number of hydrogen-bond donors (Lipinski definition) is 2. The fourth-order valence-corrected chi connectivity index (χ4v) is 2.11. The fraction of sp³-hybridized carbons (Fsp3) is 0.182. The minimum Gasteiger partial charge on any atom is -0.321 e. The van der Waals surface area contributed by atoms with Gasteiger partial charge in [0.2, 0.25) is 0 Å². The number of amides is 2. The number of urea groups is 1. The molecule has 2 rings (SSSR count). The van der Waals surface area contributed by atoms with Gasteiger partial charge in [-0.1, -0.05) is 29.8 Å². The van der Waals surface area contributed by atoms with Gasteiger partial charge in [-0.05, 0) is 13.0 Å². The van der Waals surface area contributed by atoms with Crippen LogP contribution in [-0.2, 0) is 0 Å². The molecule has 0 spiro atoms. The zero-order chi connectivity index (χ0) is 13.3. The molecule has 2 N–H and O–H groups in total. The lowest BCUT2D eigenvalue weighted by Gasteiger charge is -2.24. The van der Waals surface area contributed by atoms with Gasteiger partial charge < -0.3 is 10.6 Å². The molecule has 0 saturated carbocycles. The molecule has 7 heteroatoms. The first-order valence-corrected chi connectivity index (χ1v) is 5.55. The summed E-state index contributed by atoms with van der Waals surface area (Å²) < 4.78 is 0. The largest absolute Gasteiger partial charge is 0.321 e. The third-order valence-corrected chi connectivity index (χ3v) is 2.99. The van der Waals surface area contributed by atoms with Crippen molar-refractivity contribution in [2.75, 3.05) is 0 Å². The molecule has 6 nitrogen and oxygen atoms in total. The van der Waals surface area contributed by atoms with E-state index in [4.69, 9.17) is 11.6 Å². The molecule has 0 radical (unpaired) electrons. The molecule has 0 saturated heterocycles. The Morgan fingerprint density at radius 2 is 2.06 bits per heavy atom. The highest BCUT2D eigenvalue weighted by molar-refractivity contribution is 6.31. The van der Waals surface area contributed by atoms with Gasteiger partial charge in [0.05, 0.1) is 10.6 Å². The number of nitrogens with one attached hydrogen (secondary N) is 2. The predicted molar refractivity (Wildman–Crippen MR) is 65.6 cm³/mol. The summed E-state index contributed by atoms with van der Waals surface area (Å²) in [4.78, 5) is 22.0. The summed E-state index contributed by atoms with van der Waals surface area (Å²) in [6.07, 6.45) is 0. The lowest BCUT2D eigenvalue weighted by atomic mass is 10.0. The highest BCUT2D eigenvalue weighted by Crippen LogP contribution is 2.31. The number of benzene rings is 1. The normalized spacial score (nSPS) is 19.2. The molecule has 1 aromatic carbocycles. The van der Waals surface area contributed by atoms with Gasteiger partial charge in [-0.2, -0.15) is 0 Å². The summed E-state index contributed by atoms with van der Waals surface area (Å²) in [6.45, 7) is 1.49. The van der Waals surface area contributed by atoms with Crippen molar-refractivity contribution in [3.8, 4) is 0 Å². The molecule has 18 heavy (non-hydrogen) atoms. The van der Waals surface area contributed by atoms with Crippen LogP contribution in [0.15, 0.2) is 35.7 Å². The molecule has 1 aliphatic heterocycles. The average Bonchev–Trinajstić information content (AvgIpc) is 2.27. The van der Waals surface area contributed by atoms with E-state index in [2.05, 4.69) is 10.6 Å². The van der Waals surface area contributed by atoms with E-state index in [-0.39, 0.29) is 11.4 Å². The number of carbonyl (C=O) groups excluding carboxylic acids is 1. The van der Waals surface area contributed by atoms with Crippen LogP contribution >= 0.6 is 11.6 Å². The van der Waals surface area contributed by atoms with Gasteiger partial charge in [0, 0.05) is 10.6 Å². The van der Waals surface area contributed by atoms with E-state index in [1.807, 2.05) is 0 Å². The molecule has 94 valence electrons. The molecular weight excluding hydrogens is 258 g/mol. The number of rotatable bonds is 2. The number of allylic oxidation sites excluding steroid dienone is 1. The SMILES string of the molecule is CC1=C([N+](=O)[O-])[C@@H](c2ccccc2Cl)NC(=O)N1. The van der Waals surface area contributed by atoms with Crippen LogP contribution in [0.1, 0.15) is 18.5 Å². The van der Waals surface area contributed by atoms with Gasteiger partial charge in [-0.15, -0.1) is 0 Å². The second-order valence-corrected chi connectivity index (χ2v) is 4.23. The maximum absolute atomic E-state index is 11.4. The first-order chi connectivity index (χ1) is 8.50. The van der Waals surface area contributed by atoms with E-state index in [1.54, 1.807) is 24.3 Å². The van der Waals surface area contributed by atoms with E-state index >= 15 is 0 Å². The molecular formula is C11H10ClN3O3. The molecule has 0 fully saturated rings. The predicted octanol–water partition coefficient (Wildman–Crippen LogP) is 2.20. The van der Waals surface area contributed by atoms with Gasteiger partial charge >= 0.3 is 6.03 Å². The monoisotopic (exact) mass is 267 g/mol. The molecule has 1 aliphatic rings. The second-order valence-electron chi connectivity index (χ2n) is 3.82. The second kappa shape index (κ2) is 4.66. The minimum atomic E-state index is -0.845. The number of halogens is 1. The summed E-state index contributed by atoms with van der Waals surface area (Å²) in [5.74, 6) is 0. The van der Waals surface area contributed by atoms with Crippen LogP contribution in [0.4, 0.5) is 4.79 Å². The van der Waals surface area contributed by atoms with Crippen molar-refractivity contribution in [2.45, 2.75) is 13.0 Å². The third kappa shape index (κ3) is 2.14. The van der Waals surface area contributed by atoms with Crippen LogP contribution in [0.5, 0.6) is 0 Å². The van der Waals surface area contributed by atoms with Crippen LogP contribution in [-0.4, -0.2) is 11.0 Å². The van der Waals surface area contributed by atoms with Crippen molar-refractivity contribution in [3.63, 3.8) is 0 Å².